The molecule has 0 atom stereocenters. The minimum atomic E-state index is -1.05. The van der Waals surface area contributed by atoms with Gasteiger partial charge in [0.2, 0.25) is 0 Å². The third-order valence-electron chi connectivity index (χ3n) is 5.48. The van der Waals surface area contributed by atoms with E-state index in [4.69, 9.17) is 44.1 Å². The lowest BCUT2D eigenvalue weighted by Crippen LogP contribution is -2.42. The summed E-state index contributed by atoms with van der Waals surface area (Å²) < 4.78 is 5.70. The van der Waals surface area contributed by atoms with Crippen LogP contribution in [0.4, 0.5) is 16.4 Å². The highest BCUT2D eigenvalue weighted by Gasteiger charge is 2.24. The Morgan fingerprint density at radius 2 is 1.78 bits per heavy atom. The molecular formula is C24H29ClN8O4. The number of fused-ring (bicyclic) bond motifs is 1. The number of nitrogens with two attached hydrogens (primary N) is 3. The molecule has 0 radical (unpaired) electrons. The molecule has 0 unspecified atom stereocenters. The van der Waals surface area contributed by atoms with Crippen molar-refractivity contribution in [3.63, 3.8) is 0 Å². The molecule has 0 aliphatic carbocycles. The van der Waals surface area contributed by atoms with Crippen LogP contribution in [0.15, 0.2) is 36.4 Å². The molecule has 37 heavy (non-hydrogen) atoms. The molecule has 3 rings (SSSR count). The average molecular weight is 529 g/mol. The Hall–Kier alpha value is -4.32. The molecule has 0 bridgehead atoms. The number of amides is 2. The van der Waals surface area contributed by atoms with Gasteiger partial charge in [-0.3, -0.25) is 15.1 Å². The molecule has 3 aromatic rings. The number of hydrogen-bond acceptors (Lipinski definition) is 8. The van der Waals surface area contributed by atoms with E-state index in [0.717, 1.165) is 39.8 Å². The number of benzene rings is 2. The van der Waals surface area contributed by atoms with E-state index in [1.165, 1.54) is 0 Å². The summed E-state index contributed by atoms with van der Waals surface area (Å²) in [6.45, 7) is 0.949. The van der Waals surface area contributed by atoms with Gasteiger partial charge in [0.05, 0.1) is 6.61 Å². The number of aromatic nitrogens is 2. The molecular weight excluding hydrogens is 500 g/mol. The van der Waals surface area contributed by atoms with E-state index >= 15 is 0 Å². The average Bonchev–Trinajstić information content (AvgIpc) is 2.85. The first-order valence-electron chi connectivity index (χ1n) is 11.5. The highest BCUT2D eigenvalue weighted by Crippen LogP contribution is 2.23. The fourth-order valence-corrected chi connectivity index (χ4v) is 3.76. The Morgan fingerprint density at radius 3 is 2.51 bits per heavy atom. The Bertz CT molecular complexity index is 1300. The number of nitrogens with zero attached hydrogens (tertiary/aromatic N) is 3. The topological polar surface area (TPSA) is 207 Å². The van der Waals surface area contributed by atoms with Gasteiger partial charge in [-0.2, -0.15) is 0 Å². The van der Waals surface area contributed by atoms with E-state index in [1.54, 1.807) is 0 Å². The predicted molar refractivity (Wildman–Crippen MR) is 142 cm³/mol. The number of nitrogens with one attached hydrogen (secondary N) is 2. The van der Waals surface area contributed by atoms with Crippen LogP contribution >= 0.6 is 11.6 Å². The fraction of sp³-hybridized carbons (Fsp3) is 0.292. The lowest BCUT2D eigenvalue weighted by molar-refractivity contribution is 0.0838. The summed E-state index contributed by atoms with van der Waals surface area (Å²) >= 11 is 5.87. The van der Waals surface area contributed by atoms with Gasteiger partial charge in [0.15, 0.2) is 28.4 Å². The van der Waals surface area contributed by atoms with Gasteiger partial charge >= 0.3 is 6.09 Å². The van der Waals surface area contributed by atoms with Crippen molar-refractivity contribution in [2.45, 2.75) is 25.7 Å². The second-order valence-electron chi connectivity index (χ2n) is 8.21. The number of anilines is 2. The quantitative estimate of drug-likeness (QED) is 0.123. The SMILES string of the molecule is N=C(N)N(CCCCc1ccc2cc(OCCCNC(=O)O)ccc2c1)C(=O)c1nc(Cl)c(N)nc1N. The van der Waals surface area contributed by atoms with Crippen LogP contribution in [-0.4, -0.2) is 57.6 Å². The number of carbonyl (C=O) groups is 2. The molecule has 196 valence electrons. The van der Waals surface area contributed by atoms with Crippen LogP contribution in [0, 0.1) is 5.41 Å². The molecule has 0 aliphatic heterocycles. The molecule has 0 saturated heterocycles. The molecule has 0 fully saturated rings. The number of carboxylic acid groups (broad SMARTS) is 1. The summed E-state index contributed by atoms with van der Waals surface area (Å²) in [5, 5.41) is 20.6. The molecule has 0 spiro atoms. The Labute approximate surface area is 218 Å². The van der Waals surface area contributed by atoms with E-state index < -0.39 is 18.0 Å². The number of unbranched alkanes of at least 4 members (excludes halogenated alkanes) is 1. The van der Waals surface area contributed by atoms with Crippen molar-refractivity contribution in [1.29, 1.82) is 5.41 Å². The van der Waals surface area contributed by atoms with Crippen LogP contribution in [0.2, 0.25) is 5.15 Å². The van der Waals surface area contributed by atoms with Crippen molar-refractivity contribution < 1.29 is 19.4 Å². The maximum absolute atomic E-state index is 12.8. The molecule has 12 nitrogen and oxygen atoms in total. The molecule has 13 heteroatoms. The highest BCUT2D eigenvalue weighted by molar-refractivity contribution is 6.31. The molecule has 1 aromatic heterocycles. The minimum absolute atomic E-state index is 0.0882. The smallest absolute Gasteiger partial charge is 0.404 e. The Morgan fingerprint density at radius 1 is 1.05 bits per heavy atom. The van der Waals surface area contributed by atoms with Gasteiger partial charge in [-0.05, 0) is 54.2 Å². The first-order chi connectivity index (χ1) is 17.7. The van der Waals surface area contributed by atoms with E-state index in [1.807, 2.05) is 30.3 Å². The number of ether oxygens (including phenoxy) is 1. The van der Waals surface area contributed by atoms with Gasteiger partial charge in [-0.15, -0.1) is 0 Å². The zero-order valence-corrected chi connectivity index (χ0v) is 20.8. The minimum Gasteiger partial charge on any atom is -0.494 e. The van der Waals surface area contributed by atoms with E-state index in [2.05, 4.69) is 21.4 Å². The Balaban J connectivity index is 1.53. The van der Waals surface area contributed by atoms with Gasteiger partial charge < -0.3 is 32.4 Å². The van der Waals surface area contributed by atoms with Crippen LogP contribution in [0.3, 0.4) is 0 Å². The molecule has 2 aromatic carbocycles. The summed E-state index contributed by atoms with van der Waals surface area (Å²) in [6, 6.07) is 11.9. The second-order valence-corrected chi connectivity index (χ2v) is 8.57. The monoisotopic (exact) mass is 528 g/mol. The number of rotatable bonds is 11. The number of guanidine groups is 1. The first kappa shape index (κ1) is 27.3. The number of aryl methyl sites for hydroxylation is 1. The fourth-order valence-electron chi connectivity index (χ4n) is 3.63. The number of carbonyl (C=O) groups excluding carboxylic acids is 1. The molecule has 0 aliphatic rings. The van der Waals surface area contributed by atoms with Crippen LogP contribution < -0.4 is 27.3 Å². The van der Waals surface area contributed by atoms with Gasteiger partial charge in [-0.25, -0.2) is 14.8 Å². The van der Waals surface area contributed by atoms with Gasteiger partial charge in [-0.1, -0.05) is 35.9 Å². The van der Waals surface area contributed by atoms with Crippen LogP contribution in [0.1, 0.15) is 35.3 Å². The number of halogens is 1. The van der Waals surface area contributed by atoms with Gasteiger partial charge in [0.1, 0.15) is 5.75 Å². The molecule has 1 heterocycles. The maximum atomic E-state index is 12.8. The maximum Gasteiger partial charge on any atom is 0.404 e. The van der Waals surface area contributed by atoms with Gasteiger partial charge in [0.25, 0.3) is 5.91 Å². The van der Waals surface area contributed by atoms with Gasteiger partial charge in [0, 0.05) is 13.1 Å². The van der Waals surface area contributed by atoms with Crippen LogP contribution in [0.25, 0.3) is 10.8 Å². The normalized spacial score (nSPS) is 10.7. The predicted octanol–water partition coefficient (Wildman–Crippen LogP) is 2.84. The summed E-state index contributed by atoms with van der Waals surface area (Å²) in [5.41, 5.74) is 17.9. The second kappa shape index (κ2) is 12.6. The lowest BCUT2D eigenvalue weighted by Gasteiger charge is -2.20. The zero-order chi connectivity index (χ0) is 26.9. The van der Waals surface area contributed by atoms with Crippen LogP contribution in [0.5, 0.6) is 5.75 Å². The molecule has 0 saturated carbocycles. The zero-order valence-electron chi connectivity index (χ0n) is 20.0. The third-order valence-corrected chi connectivity index (χ3v) is 5.76. The molecule has 2 amide bonds. The van der Waals surface area contributed by atoms with Crippen molar-refractivity contribution in [2.24, 2.45) is 5.73 Å². The lowest BCUT2D eigenvalue weighted by atomic mass is 10.0. The van der Waals surface area contributed by atoms with Crippen molar-refractivity contribution in [3.05, 3.63) is 52.8 Å². The number of hydrogen-bond donors (Lipinski definition) is 6. The van der Waals surface area contributed by atoms with E-state index in [0.29, 0.717) is 26.0 Å². The summed E-state index contributed by atoms with van der Waals surface area (Å²) in [7, 11) is 0. The first-order valence-corrected chi connectivity index (χ1v) is 11.9. The van der Waals surface area contributed by atoms with Crippen molar-refractivity contribution in [2.75, 3.05) is 31.2 Å². The third kappa shape index (κ3) is 7.58. The summed E-state index contributed by atoms with van der Waals surface area (Å²) in [4.78, 5) is 32.1. The Kier molecular flexibility index (Phi) is 9.27. The van der Waals surface area contributed by atoms with E-state index in [9.17, 15) is 9.59 Å². The standard InChI is InChI=1S/C24H29ClN8O4/c25-19-21(27)32-20(26)18(31-19)22(34)33(23(28)29)10-2-1-4-14-5-6-16-13-17(8-7-15(16)12-14)37-11-3-9-30-24(35)36/h5-8,12-13,30H,1-4,9-11H2,(H3,28,29)(H,35,36)(H4,26,27,32). The van der Waals surface area contributed by atoms with E-state index in [-0.39, 0.29) is 29.0 Å². The summed E-state index contributed by atoms with van der Waals surface area (Å²) in [5.74, 6) is -0.646. The van der Waals surface area contributed by atoms with Crippen molar-refractivity contribution in [1.82, 2.24) is 20.2 Å². The van der Waals surface area contributed by atoms with Crippen LogP contribution in [-0.2, 0) is 6.42 Å². The summed E-state index contributed by atoms with van der Waals surface area (Å²) in [6.07, 6.45) is 1.63. The largest absolute Gasteiger partial charge is 0.494 e. The molecule has 9 N–H and O–H groups in total. The van der Waals surface area contributed by atoms with Crippen molar-refractivity contribution >= 4 is 52.0 Å². The van der Waals surface area contributed by atoms with Crippen molar-refractivity contribution in [3.8, 4) is 5.75 Å². The highest BCUT2D eigenvalue weighted by atomic mass is 35.5. The number of nitrogen functional groups attached to an aromatic ring is 2.